The maximum absolute atomic E-state index is 10.8. The summed E-state index contributed by atoms with van der Waals surface area (Å²) in [6, 6.07) is 6.90. The van der Waals surface area contributed by atoms with Crippen LogP contribution in [-0.4, -0.2) is 15.6 Å². The molecule has 1 aromatic carbocycles. The Kier molecular flexibility index (Phi) is 3.45. The zero-order valence-corrected chi connectivity index (χ0v) is 8.47. The predicted molar refractivity (Wildman–Crippen MR) is 53.7 cm³/mol. The Morgan fingerprint density at radius 3 is 2.77 bits per heavy atom. The maximum atomic E-state index is 10.8. The van der Waals surface area contributed by atoms with Crippen LogP contribution in [0.3, 0.4) is 0 Å². The van der Waals surface area contributed by atoms with E-state index in [9.17, 15) is 9.32 Å². The van der Waals surface area contributed by atoms with Gasteiger partial charge in [-0.05, 0) is 24.6 Å². The first-order chi connectivity index (χ1) is 6.09. The van der Waals surface area contributed by atoms with Crippen molar-refractivity contribution in [3.63, 3.8) is 0 Å². The molecule has 0 saturated heterocycles. The summed E-state index contributed by atoms with van der Waals surface area (Å²) in [7, 11) is -1.03. The smallest absolute Gasteiger partial charge is 0.115 e. The van der Waals surface area contributed by atoms with Gasteiger partial charge >= 0.3 is 0 Å². The predicted octanol–water partition coefficient (Wildman–Crippen LogP) is 1.34. The Labute approximate surface area is 80.4 Å². The van der Waals surface area contributed by atoms with Crippen LogP contribution in [0.1, 0.15) is 18.5 Å². The molecule has 0 aliphatic rings. The van der Waals surface area contributed by atoms with Crippen molar-refractivity contribution in [2.24, 2.45) is 0 Å². The van der Waals surface area contributed by atoms with E-state index in [4.69, 9.17) is 0 Å². The molecule has 2 atom stereocenters. The number of hydrogen-bond donors (Lipinski definition) is 2. The van der Waals surface area contributed by atoms with Crippen LogP contribution >= 0.6 is 0 Å². The Morgan fingerprint density at radius 1 is 1.54 bits per heavy atom. The molecule has 0 fully saturated rings. The zero-order valence-electron chi connectivity index (χ0n) is 7.65. The average molecular weight is 199 g/mol. The van der Waals surface area contributed by atoms with Gasteiger partial charge in [0, 0.05) is 12.3 Å². The zero-order chi connectivity index (χ0) is 9.84. The van der Waals surface area contributed by atoms with Gasteiger partial charge in [0.1, 0.15) is 5.75 Å². The van der Waals surface area contributed by atoms with Crippen molar-refractivity contribution in [1.82, 2.24) is 4.72 Å². The first-order valence-electron chi connectivity index (χ1n) is 3.98. The summed E-state index contributed by atoms with van der Waals surface area (Å²) in [5.74, 6) is 0.230. The van der Waals surface area contributed by atoms with Crippen molar-refractivity contribution in [1.29, 1.82) is 0 Å². The molecule has 0 bridgehead atoms. The van der Waals surface area contributed by atoms with E-state index < -0.39 is 11.0 Å². The third-order valence-corrected chi connectivity index (χ3v) is 2.40. The standard InChI is InChI=1S/C9H13NO2S/c1-7(10-13(2)12)8-4-3-5-9(11)6-8/h3-7,10-11H,1-2H3. The van der Waals surface area contributed by atoms with E-state index in [-0.39, 0.29) is 11.8 Å². The van der Waals surface area contributed by atoms with Crippen molar-refractivity contribution >= 4 is 11.0 Å². The van der Waals surface area contributed by atoms with E-state index in [2.05, 4.69) is 4.72 Å². The molecule has 0 aliphatic heterocycles. The molecule has 1 rings (SSSR count). The van der Waals surface area contributed by atoms with Gasteiger partial charge in [-0.25, -0.2) is 8.93 Å². The molecule has 4 heteroatoms. The van der Waals surface area contributed by atoms with E-state index in [1.54, 1.807) is 24.5 Å². The number of benzene rings is 1. The second-order valence-electron chi connectivity index (χ2n) is 2.89. The van der Waals surface area contributed by atoms with Crippen molar-refractivity contribution in [3.05, 3.63) is 29.8 Å². The molecule has 0 heterocycles. The molecule has 1 aromatic rings. The Bertz CT molecular complexity index is 314. The lowest BCUT2D eigenvalue weighted by atomic mass is 10.1. The molecule has 72 valence electrons. The number of phenolic OH excluding ortho intramolecular Hbond substituents is 1. The first-order valence-corrected chi connectivity index (χ1v) is 5.54. The highest BCUT2D eigenvalue weighted by Gasteiger charge is 2.05. The lowest BCUT2D eigenvalue weighted by Crippen LogP contribution is -2.19. The lowest BCUT2D eigenvalue weighted by molar-refractivity contribution is 0.473. The van der Waals surface area contributed by atoms with Gasteiger partial charge in [0.2, 0.25) is 0 Å². The van der Waals surface area contributed by atoms with Crippen LogP contribution in [0.5, 0.6) is 5.75 Å². The van der Waals surface area contributed by atoms with Gasteiger partial charge in [-0.3, -0.25) is 0 Å². The lowest BCUT2D eigenvalue weighted by Gasteiger charge is -2.11. The number of hydrogen-bond acceptors (Lipinski definition) is 2. The Hall–Kier alpha value is -0.870. The molecular weight excluding hydrogens is 186 g/mol. The van der Waals surface area contributed by atoms with Crippen LogP contribution in [0.25, 0.3) is 0 Å². The largest absolute Gasteiger partial charge is 0.508 e. The maximum Gasteiger partial charge on any atom is 0.115 e. The SMILES string of the molecule is CC(NS(C)=O)c1cccc(O)c1. The number of aromatic hydroxyl groups is 1. The normalized spacial score (nSPS) is 15.2. The minimum Gasteiger partial charge on any atom is -0.508 e. The van der Waals surface area contributed by atoms with E-state index in [0.717, 1.165) is 5.56 Å². The van der Waals surface area contributed by atoms with E-state index in [1.807, 2.05) is 13.0 Å². The van der Waals surface area contributed by atoms with E-state index in [0.29, 0.717) is 0 Å². The second-order valence-corrected chi connectivity index (χ2v) is 4.03. The molecule has 0 aliphatic carbocycles. The molecule has 0 radical (unpaired) electrons. The fraction of sp³-hybridized carbons (Fsp3) is 0.333. The van der Waals surface area contributed by atoms with Gasteiger partial charge in [-0.1, -0.05) is 12.1 Å². The van der Waals surface area contributed by atoms with Gasteiger partial charge in [0.05, 0.1) is 11.0 Å². The average Bonchev–Trinajstić information content (AvgIpc) is 2.03. The van der Waals surface area contributed by atoms with Gasteiger partial charge in [-0.2, -0.15) is 0 Å². The minimum absolute atomic E-state index is 0.0158. The second kappa shape index (κ2) is 4.39. The summed E-state index contributed by atoms with van der Waals surface area (Å²) in [5, 5.41) is 9.19. The molecule has 0 spiro atoms. The van der Waals surface area contributed by atoms with Gasteiger partial charge < -0.3 is 5.11 Å². The molecule has 2 N–H and O–H groups in total. The third-order valence-electron chi connectivity index (χ3n) is 1.71. The highest BCUT2D eigenvalue weighted by molar-refractivity contribution is 7.82. The van der Waals surface area contributed by atoms with E-state index >= 15 is 0 Å². The summed E-state index contributed by atoms with van der Waals surface area (Å²) >= 11 is 0. The van der Waals surface area contributed by atoms with Gasteiger partial charge in [0.15, 0.2) is 0 Å². The summed E-state index contributed by atoms with van der Waals surface area (Å²) in [4.78, 5) is 0. The quantitative estimate of drug-likeness (QED) is 0.771. The summed E-state index contributed by atoms with van der Waals surface area (Å²) in [6.45, 7) is 1.90. The van der Waals surface area contributed by atoms with Crippen LogP contribution in [0, 0.1) is 0 Å². The number of nitrogens with one attached hydrogen (secondary N) is 1. The van der Waals surface area contributed by atoms with Crippen LogP contribution in [-0.2, 0) is 11.0 Å². The number of phenols is 1. The third kappa shape index (κ3) is 3.16. The Balaban J connectivity index is 2.76. The molecule has 3 nitrogen and oxygen atoms in total. The minimum atomic E-state index is -1.03. The van der Waals surface area contributed by atoms with E-state index in [1.165, 1.54) is 0 Å². The van der Waals surface area contributed by atoms with Crippen molar-refractivity contribution in [3.8, 4) is 5.75 Å². The molecule has 2 unspecified atom stereocenters. The van der Waals surface area contributed by atoms with Crippen molar-refractivity contribution in [2.45, 2.75) is 13.0 Å². The molecule has 0 amide bonds. The van der Waals surface area contributed by atoms with Crippen LogP contribution < -0.4 is 4.72 Å². The highest BCUT2D eigenvalue weighted by Crippen LogP contribution is 2.17. The molecular formula is C9H13NO2S. The monoisotopic (exact) mass is 199 g/mol. The van der Waals surface area contributed by atoms with Crippen LogP contribution in [0.4, 0.5) is 0 Å². The fourth-order valence-electron chi connectivity index (χ4n) is 1.11. The van der Waals surface area contributed by atoms with Crippen molar-refractivity contribution in [2.75, 3.05) is 6.26 Å². The summed E-state index contributed by atoms with van der Waals surface area (Å²) in [6.07, 6.45) is 1.58. The molecule has 13 heavy (non-hydrogen) atoms. The fourth-order valence-corrected chi connectivity index (χ4v) is 1.75. The topological polar surface area (TPSA) is 49.3 Å². The summed E-state index contributed by atoms with van der Waals surface area (Å²) < 4.78 is 13.7. The van der Waals surface area contributed by atoms with Gasteiger partial charge in [0.25, 0.3) is 0 Å². The summed E-state index contributed by atoms with van der Waals surface area (Å²) in [5.41, 5.74) is 0.926. The molecule has 0 saturated carbocycles. The van der Waals surface area contributed by atoms with Crippen molar-refractivity contribution < 1.29 is 9.32 Å². The molecule has 0 aromatic heterocycles. The van der Waals surface area contributed by atoms with Crippen LogP contribution in [0.15, 0.2) is 24.3 Å². The number of rotatable bonds is 3. The highest BCUT2D eigenvalue weighted by atomic mass is 32.2. The first kappa shape index (κ1) is 10.2. The van der Waals surface area contributed by atoms with Crippen LogP contribution in [0.2, 0.25) is 0 Å². The van der Waals surface area contributed by atoms with Gasteiger partial charge in [-0.15, -0.1) is 0 Å². The Morgan fingerprint density at radius 2 is 2.23 bits per heavy atom.